The van der Waals surface area contributed by atoms with E-state index in [1.165, 1.54) is 5.56 Å². The van der Waals surface area contributed by atoms with Crippen molar-refractivity contribution in [2.45, 2.75) is 52.9 Å². The standard InChI is InChI=1S/C24H30N2O2/c1-6-26(20-9-7-8-17(2)16-20)22(28)24(14-15-24)21(27)25-19-12-10-18(11-13-19)23(3,4)5/h7-13,16H,6,14-15H2,1-5H3,(H,25,27). The summed E-state index contributed by atoms with van der Waals surface area (Å²) in [6.45, 7) is 11.0. The van der Waals surface area contributed by atoms with E-state index < -0.39 is 5.41 Å². The molecule has 1 fully saturated rings. The number of anilines is 2. The first-order valence-corrected chi connectivity index (χ1v) is 9.98. The van der Waals surface area contributed by atoms with E-state index in [9.17, 15) is 9.59 Å². The Bertz CT molecular complexity index is 874. The summed E-state index contributed by atoms with van der Waals surface area (Å²) in [5, 5.41) is 2.96. The molecule has 0 atom stereocenters. The lowest BCUT2D eigenvalue weighted by molar-refractivity contribution is -0.132. The number of hydrogen-bond acceptors (Lipinski definition) is 2. The van der Waals surface area contributed by atoms with Crippen molar-refractivity contribution in [3.05, 3.63) is 59.7 Å². The monoisotopic (exact) mass is 378 g/mol. The van der Waals surface area contributed by atoms with Gasteiger partial charge in [0.25, 0.3) is 0 Å². The Hall–Kier alpha value is -2.62. The number of benzene rings is 2. The predicted octanol–water partition coefficient (Wildman–Crippen LogP) is 5.06. The third-order valence-electron chi connectivity index (χ3n) is 5.48. The maximum Gasteiger partial charge on any atom is 0.242 e. The van der Waals surface area contributed by atoms with E-state index in [0.717, 1.165) is 16.9 Å². The highest BCUT2D eigenvalue weighted by molar-refractivity contribution is 6.17. The van der Waals surface area contributed by atoms with E-state index in [2.05, 4.69) is 26.1 Å². The van der Waals surface area contributed by atoms with Gasteiger partial charge >= 0.3 is 0 Å². The fourth-order valence-corrected chi connectivity index (χ4v) is 3.46. The summed E-state index contributed by atoms with van der Waals surface area (Å²) in [4.78, 5) is 28.0. The lowest BCUT2D eigenvalue weighted by Gasteiger charge is -2.26. The summed E-state index contributed by atoms with van der Waals surface area (Å²) in [5.74, 6) is -0.309. The van der Waals surface area contributed by atoms with Gasteiger partial charge in [-0.3, -0.25) is 9.59 Å². The van der Waals surface area contributed by atoms with Crippen molar-refractivity contribution in [2.24, 2.45) is 5.41 Å². The lowest BCUT2D eigenvalue weighted by atomic mass is 9.87. The molecular formula is C24H30N2O2. The molecule has 1 saturated carbocycles. The van der Waals surface area contributed by atoms with E-state index in [-0.39, 0.29) is 17.2 Å². The van der Waals surface area contributed by atoms with Crippen LogP contribution in [-0.2, 0) is 15.0 Å². The Kier molecular flexibility index (Phi) is 5.33. The molecule has 2 amide bonds. The maximum atomic E-state index is 13.3. The van der Waals surface area contributed by atoms with Crippen LogP contribution < -0.4 is 10.2 Å². The molecular weight excluding hydrogens is 348 g/mol. The summed E-state index contributed by atoms with van der Waals surface area (Å²) in [6, 6.07) is 15.7. The highest BCUT2D eigenvalue weighted by Gasteiger charge is 2.58. The number of rotatable bonds is 5. The molecule has 0 spiro atoms. The zero-order valence-corrected chi connectivity index (χ0v) is 17.5. The van der Waals surface area contributed by atoms with E-state index in [1.807, 2.05) is 62.4 Å². The molecule has 1 aliphatic rings. The second-order valence-electron chi connectivity index (χ2n) is 8.75. The zero-order valence-electron chi connectivity index (χ0n) is 17.5. The van der Waals surface area contributed by atoms with Crippen LogP contribution in [0.15, 0.2) is 48.5 Å². The van der Waals surface area contributed by atoms with Gasteiger partial charge in [0.2, 0.25) is 11.8 Å². The Labute approximate surface area is 167 Å². The minimum Gasteiger partial charge on any atom is -0.325 e. The highest BCUT2D eigenvalue weighted by Crippen LogP contribution is 2.48. The molecule has 2 aromatic rings. The number of carbonyl (C=O) groups is 2. The van der Waals surface area contributed by atoms with Crippen molar-refractivity contribution in [1.29, 1.82) is 0 Å². The quantitative estimate of drug-likeness (QED) is 0.739. The minimum absolute atomic E-state index is 0.0612. The second kappa shape index (κ2) is 7.42. The normalized spacial score (nSPS) is 15.0. The highest BCUT2D eigenvalue weighted by atomic mass is 16.2. The smallest absolute Gasteiger partial charge is 0.242 e. The van der Waals surface area contributed by atoms with E-state index in [0.29, 0.717) is 19.4 Å². The molecule has 0 heterocycles. The first-order valence-electron chi connectivity index (χ1n) is 9.98. The van der Waals surface area contributed by atoms with Gasteiger partial charge < -0.3 is 10.2 Å². The third kappa shape index (κ3) is 3.96. The molecule has 28 heavy (non-hydrogen) atoms. The van der Waals surface area contributed by atoms with Crippen LogP contribution in [0.25, 0.3) is 0 Å². The van der Waals surface area contributed by atoms with Gasteiger partial charge in [-0.25, -0.2) is 0 Å². The predicted molar refractivity (Wildman–Crippen MR) is 115 cm³/mol. The molecule has 3 rings (SSSR count). The van der Waals surface area contributed by atoms with Crippen LogP contribution in [0.4, 0.5) is 11.4 Å². The number of nitrogens with one attached hydrogen (secondary N) is 1. The molecule has 0 aromatic heterocycles. The topological polar surface area (TPSA) is 49.4 Å². The van der Waals surface area contributed by atoms with Crippen molar-refractivity contribution in [3.63, 3.8) is 0 Å². The van der Waals surface area contributed by atoms with Crippen molar-refractivity contribution in [3.8, 4) is 0 Å². The van der Waals surface area contributed by atoms with E-state index in [1.54, 1.807) is 4.90 Å². The Morgan fingerprint density at radius 3 is 2.21 bits per heavy atom. The Morgan fingerprint density at radius 1 is 1.07 bits per heavy atom. The maximum absolute atomic E-state index is 13.3. The van der Waals surface area contributed by atoms with E-state index >= 15 is 0 Å². The van der Waals surface area contributed by atoms with Gasteiger partial charge in [-0.05, 0) is 67.5 Å². The van der Waals surface area contributed by atoms with Crippen LogP contribution in [0.2, 0.25) is 0 Å². The van der Waals surface area contributed by atoms with Crippen LogP contribution in [0.5, 0.6) is 0 Å². The van der Waals surface area contributed by atoms with Gasteiger partial charge in [0.05, 0.1) is 0 Å². The molecule has 0 unspecified atom stereocenters. The fraction of sp³-hybridized carbons (Fsp3) is 0.417. The molecule has 148 valence electrons. The SMILES string of the molecule is CCN(C(=O)C1(C(=O)Nc2ccc(C(C)(C)C)cc2)CC1)c1cccc(C)c1. The van der Waals surface area contributed by atoms with Gasteiger partial charge in [-0.2, -0.15) is 0 Å². The van der Waals surface area contributed by atoms with Crippen molar-refractivity contribution in [2.75, 3.05) is 16.8 Å². The number of nitrogens with zero attached hydrogens (tertiary/aromatic N) is 1. The first-order chi connectivity index (χ1) is 13.2. The summed E-state index contributed by atoms with van der Waals surface area (Å²) in [7, 11) is 0. The molecule has 1 aliphatic carbocycles. The fourth-order valence-electron chi connectivity index (χ4n) is 3.46. The Morgan fingerprint density at radius 2 is 1.71 bits per heavy atom. The van der Waals surface area contributed by atoms with Crippen molar-refractivity contribution >= 4 is 23.2 Å². The first kappa shape index (κ1) is 20.1. The molecule has 1 N–H and O–H groups in total. The lowest BCUT2D eigenvalue weighted by Crippen LogP contribution is -2.43. The van der Waals surface area contributed by atoms with Crippen LogP contribution in [0, 0.1) is 12.3 Å². The molecule has 0 radical (unpaired) electrons. The van der Waals surface area contributed by atoms with Crippen LogP contribution in [0.1, 0.15) is 51.7 Å². The number of amides is 2. The van der Waals surface area contributed by atoms with Crippen molar-refractivity contribution < 1.29 is 9.59 Å². The number of aryl methyl sites for hydroxylation is 1. The number of hydrogen-bond donors (Lipinski definition) is 1. The summed E-state index contributed by atoms with van der Waals surface area (Å²) >= 11 is 0. The summed E-state index contributed by atoms with van der Waals surface area (Å²) in [6.07, 6.45) is 1.19. The average molecular weight is 379 g/mol. The zero-order chi connectivity index (χ0) is 20.5. The summed E-state index contributed by atoms with van der Waals surface area (Å²) in [5.41, 5.74) is 3.00. The molecule has 4 nitrogen and oxygen atoms in total. The molecule has 2 aromatic carbocycles. The largest absolute Gasteiger partial charge is 0.325 e. The van der Waals surface area contributed by atoms with E-state index in [4.69, 9.17) is 0 Å². The molecule has 0 saturated heterocycles. The number of carbonyl (C=O) groups excluding carboxylic acids is 2. The van der Waals surface area contributed by atoms with Crippen LogP contribution >= 0.6 is 0 Å². The Balaban J connectivity index is 1.76. The summed E-state index contributed by atoms with van der Waals surface area (Å²) < 4.78 is 0. The molecule has 0 aliphatic heterocycles. The molecule has 0 bridgehead atoms. The minimum atomic E-state index is -0.942. The van der Waals surface area contributed by atoms with Gasteiger partial charge in [0.1, 0.15) is 5.41 Å². The third-order valence-corrected chi connectivity index (χ3v) is 5.48. The average Bonchev–Trinajstić information content (AvgIpc) is 3.44. The van der Waals surface area contributed by atoms with Crippen LogP contribution in [-0.4, -0.2) is 18.4 Å². The van der Waals surface area contributed by atoms with Crippen molar-refractivity contribution in [1.82, 2.24) is 0 Å². The van der Waals surface area contributed by atoms with Crippen LogP contribution in [0.3, 0.4) is 0 Å². The second-order valence-corrected chi connectivity index (χ2v) is 8.75. The van der Waals surface area contributed by atoms with Gasteiger partial charge in [-0.1, -0.05) is 45.0 Å². The molecule has 4 heteroatoms. The van der Waals surface area contributed by atoms with Gasteiger partial charge in [0, 0.05) is 17.9 Å². The van der Waals surface area contributed by atoms with Gasteiger partial charge in [0.15, 0.2) is 0 Å². The van der Waals surface area contributed by atoms with Gasteiger partial charge in [-0.15, -0.1) is 0 Å².